The summed E-state index contributed by atoms with van der Waals surface area (Å²) in [7, 11) is 0. The van der Waals surface area contributed by atoms with E-state index in [2.05, 4.69) is 29.4 Å². The number of pyridine rings is 1. The van der Waals surface area contributed by atoms with E-state index >= 15 is 0 Å². The third kappa shape index (κ3) is 3.17. The van der Waals surface area contributed by atoms with Crippen molar-refractivity contribution < 1.29 is 0 Å². The van der Waals surface area contributed by atoms with Gasteiger partial charge in [-0.25, -0.2) is 4.98 Å². The molecule has 0 saturated carbocycles. The van der Waals surface area contributed by atoms with Gasteiger partial charge in [-0.1, -0.05) is 31.5 Å². The number of para-hydroxylation sites is 1. The number of nitrogens with two attached hydrogens (primary N) is 1. The Morgan fingerprint density at radius 1 is 1.24 bits per heavy atom. The average Bonchev–Trinajstić information content (AvgIpc) is 2.36. The fraction of sp³-hybridized carbons (Fsp3) is 0.357. The van der Waals surface area contributed by atoms with Crippen LogP contribution < -0.4 is 11.1 Å². The molecule has 0 aliphatic carbocycles. The van der Waals surface area contributed by atoms with Gasteiger partial charge in [0.2, 0.25) is 0 Å². The van der Waals surface area contributed by atoms with Crippen molar-refractivity contribution in [2.45, 2.75) is 25.8 Å². The fourth-order valence-electron chi connectivity index (χ4n) is 1.87. The van der Waals surface area contributed by atoms with Gasteiger partial charge in [-0.15, -0.1) is 0 Å². The predicted octanol–water partition coefficient (Wildman–Crippen LogP) is 2.77. The van der Waals surface area contributed by atoms with E-state index in [-0.39, 0.29) is 6.04 Å². The summed E-state index contributed by atoms with van der Waals surface area (Å²) in [4.78, 5) is 4.54. The van der Waals surface area contributed by atoms with Crippen LogP contribution in [0.2, 0.25) is 0 Å². The number of hydrogen-bond acceptors (Lipinski definition) is 3. The van der Waals surface area contributed by atoms with E-state index in [9.17, 15) is 0 Å². The standard InChI is InChI=1S/C14H19N3/c1-2-5-12(15)10-16-14-9-8-11-6-3-4-7-13(11)17-14/h3-4,6-9,12H,2,5,10,15H2,1H3,(H,16,17). The molecule has 90 valence electrons. The third-order valence-electron chi connectivity index (χ3n) is 2.80. The zero-order valence-corrected chi connectivity index (χ0v) is 10.2. The first-order valence-corrected chi connectivity index (χ1v) is 6.15. The molecule has 1 aromatic carbocycles. The average molecular weight is 229 g/mol. The minimum Gasteiger partial charge on any atom is -0.368 e. The van der Waals surface area contributed by atoms with Crippen LogP contribution in [0.15, 0.2) is 36.4 Å². The second-order valence-electron chi connectivity index (χ2n) is 4.32. The number of fused-ring (bicyclic) bond motifs is 1. The summed E-state index contributed by atoms with van der Waals surface area (Å²) in [6, 6.07) is 12.4. The minimum atomic E-state index is 0.202. The van der Waals surface area contributed by atoms with Gasteiger partial charge in [0.25, 0.3) is 0 Å². The minimum absolute atomic E-state index is 0.202. The van der Waals surface area contributed by atoms with Gasteiger partial charge in [-0.3, -0.25) is 0 Å². The maximum Gasteiger partial charge on any atom is 0.126 e. The molecule has 1 aromatic heterocycles. The van der Waals surface area contributed by atoms with E-state index in [1.54, 1.807) is 0 Å². The first-order valence-electron chi connectivity index (χ1n) is 6.15. The van der Waals surface area contributed by atoms with Crippen LogP contribution in [0.25, 0.3) is 10.9 Å². The first-order chi connectivity index (χ1) is 8.29. The van der Waals surface area contributed by atoms with Crippen LogP contribution in [-0.2, 0) is 0 Å². The van der Waals surface area contributed by atoms with Gasteiger partial charge >= 0.3 is 0 Å². The second-order valence-corrected chi connectivity index (χ2v) is 4.32. The van der Waals surface area contributed by atoms with Gasteiger partial charge in [-0.05, 0) is 24.6 Å². The summed E-state index contributed by atoms with van der Waals surface area (Å²) < 4.78 is 0. The van der Waals surface area contributed by atoms with Gasteiger partial charge < -0.3 is 11.1 Å². The Morgan fingerprint density at radius 2 is 2.06 bits per heavy atom. The summed E-state index contributed by atoms with van der Waals surface area (Å²) in [6.07, 6.45) is 2.16. The number of aromatic nitrogens is 1. The molecule has 3 nitrogen and oxygen atoms in total. The Bertz CT molecular complexity index is 482. The quantitative estimate of drug-likeness (QED) is 0.829. The van der Waals surface area contributed by atoms with Crippen molar-refractivity contribution >= 4 is 16.7 Å². The lowest BCUT2D eigenvalue weighted by Gasteiger charge is -2.12. The van der Waals surface area contributed by atoms with Crippen molar-refractivity contribution in [3.8, 4) is 0 Å². The Kier molecular flexibility index (Phi) is 3.94. The highest BCUT2D eigenvalue weighted by molar-refractivity contribution is 5.79. The third-order valence-corrected chi connectivity index (χ3v) is 2.80. The molecule has 0 amide bonds. The molecule has 17 heavy (non-hydrogen) atoms. The van der Waals surface area contributed by atoms with E-state index in [0.29, 0.717) is 0 Å². The van der Waals surface area contributed by atoms with E-state index in [0.717, 1.165) is 36.1 Å². The molecule has 1 heterocycles. The molecule has 2 rings (SSSR count). The highest BCUT2D eigenvalue weighted by atomic mass is 15.0. The van der Waals surface area contributed by atoms with Crippen LogP contribution in [0.4, 0.5) is 5.82 Å². The Hall–Kier alpha value is -1.61. The molecule has 0 radical (unpaired) electrons. The molecule has 0 saturated heterocycles. The van der Waals surface area contributed by atoms with Crippen LogP contribution in [0, 0.1) is 0 Å². The lowest BCUT2D eigenvalue weighted by Crippen LogP contribution is -2.28. The SMILES string of the molecule is CCCC(N)CNc1ccc2ccccc2n1. The van der Waals surface area contributed by atoms with Crippen molar-refractivity contribution in [1.29, 1.82) is 0 Å². The number of nitrogens with one attached hydrogen (secondary N) is 1. The van der Waals surface area contributed by atoms with Crippen molar-refractivity contribution in [2.24, 2.45) is 5.73 Å². The smallest absolute Gasteiger partial charge is 0.126 e. The molecule has 1 atom stereocenters. The molecular formula is C14H19N3. The molecule has 3 N–H and O–H groups in total. The van der Waals surface area contributed by atoms with Crippen molar-refractivity contribution in [3.05, 3.63) is 36.4 Å². The van der Waals surface area contributed by atoms with Crippen molar-refractivity contribution in [2.75, 3.05) is 11.9 Å². The number of anilines is 1. The van der Waals surface area contributed by atoms with E-state index < -0.39 is 0 Å². The maximum atomic E-state index is 5.95. The van der Waals surface area contributed by atoms with Gasteiger partial charge in [0, 0.05) is 18.0 Å². The molecule has 0 bridgehead atoms. The lowest BCUT2D eigenvalue weighted by atomic mass is 10.2. The number of hydrogen-bond donors (Lipinski definition) is 2. The van der Waals surface area contributed by atoms with Crippen molar-refractivity contribution in [3.63, 3.8) is 0 Å². The van der Waals surface area contributed by atoms with Crippen LogP contribution >= 0.6 is 0 Å². The largest absolute Gasteiger partial charge is 0.368 e. The van der Waals surface area contributed by atoms with Gasteiger partial charge in [0.1, 0.15) is 5.82 Å². The summed E-state index contributed by atoms with van der Waals surface area (Å²) in [5.74, 6) is 0.898. The maximum absolute atomic E-state index is 5.95. The van der Waals surface area contributed by atoms with Crippen molar-refractivity contribution in [1.82, 2.24) is 4.98 Å². The predicted molar refractivity (Wildman–Crippen MR) is 73.1 cm³/mol. The molecule has 2 aromatic rings. The van der Waals surface area contributed by atoms with Gasteiger partial charge in [0.15, 0.2) is 0 Å². The Balaban J connectivity index is 2.04. The molecule has 3 heteroatoms. The van der Waals surface area contributed by atoms with Gasteiger partial charge in [0.05, 0.1) is 5.52 Å². The van der Waals surface area contributed by atoms with E-state index in [4.69, 9.17) is 5.73 Å². The summed E-state index contributed by atoms with van der Waals surface area (Å²) in [6.45, 7) is 2.92. The van der Waals surface area contributed by atoms with Crippen LogP contribution in [0.5, 0.6) is 0 Å². The van der Waals surface area contributed by atoms with Gasteiger partial charge in [-0.2, -0.15) is 0 Å². The summed E-state index contributed by atoms with van der Waals surface area (Å²) in [5.41, 5.74) is 6.97. The lowest BCUT2D eigenvalue weighted by molar-refractivity contribution is 0.626. The van der Waals surface area contributed by atoms with Crippen LogP contribution in [-0.4, -0.2) is 17.6 Å². The molecule has 0 fully saturated rings. The number of nitrogens with zero attached hydrogens (tertiary/aromatic N) is 1. The van der Waals surface area contributed by atoms with E-state index in [1.165, 1.54) is 0 Å². The molecule has 1 unspecified atom stereocenters. The normalized spacial score (nSPS) is 12.6. The van der Waals surface area contributed by atoms with Crippen LogP contribution in [0.1, 0.15) is 19.8 Å². The first kappa shape index (κ1) is 11.9. The molecule has 0 aliphatic rings. The Morgan fingerprint density at radius 3 is 2.88 bits per heavy atom. The Labute approximate surface area is 102 Å². The van der Waals surface area contributed by atoms with Crippen LogP contribution in [0.3, 0.4) is 0 Å². The number of benzene rings is 1. The molecule has 0 aliphatic heterocycles. The zero-order chi connectivity index (χ0) is 12.1. The molecule has 0 spiro atoms. The molecular weight excluding hydrogens is 210 g/mol. The monoisotopic (exact) mass is 229 g/mol. The second kappa shape index (κ2) is 5.64. The topological polar surface area (TPSA) is 50.9 Å². The highest BCUT2D eigenvalue weighted by Gasteiger charge is 2.02. The highest BCUT2D eigenvalue weighted by Crippen LogP contribution is 2.14. The summed E-state index contributed by atoms with van der Waals surface area (Å²) in [5, 5.41) is 4.45. The fourth-order valence-corrected chi connectivity index (χ4v) is 1.87. The zero-order valence-electron chi connectivity index (χ0n) is 10.2. The number of rotatable bonds is 5. The summed E-state index contributed by atoms with van der Waals surface area (Å²) >= 11 is 0. The van der Waals surface area contributed by atoms with E-state index in [1.807, 2.05) is 24.3 Å².